The van der Waals surface area contributed by atoms with Crippen LogP contribution < -0.4 is 16.0 Å². The zero-order chi connectivity index (χ0) is 14.7. The topological polar surface area (TPSA) is 60.2 Å². The van der Waals surface area contributed by atoms with Crippen LogP contribution in [0.3, 0.4) is 0 Å². The number of fused-ring (bicyclic) bond motifs is 1. The molecule has 2 aromatic heterocycles. The Morgan fingerprint density at radius 1 is 1.33 bits per heavy atom. The van der Waals surface area contributed by atoms with E-state index in [0.717, 1.165) is 27.1 Å². The number of hydrogen-bond donors (Lipinski definition) is 2. The Morgan fingerprint density at radius 2 is 2.19 bits per heavy atom. The Balaban J connectivity index is 2.04. The Bertz CT molecular complexity index is 741. The van der Waals surface area contributed by atoms with Crippen molar-refractivity contribution in [3.63, 3.8) is 0 Å². The maximum atomic E-state index is 5.79. The van der Waals surface area contributed by atoms with Crippen LogP contribution in [0.2, 0.25) is 0 Å². The van der Waals surface area contributed by atoms with Crippen LogP contribution in [-0.2, 0) is 0 Å². The zero-order valence-electron chi connectivity index (χ0n) is 11.7. The molecule has 0 bridgehead atoms. The monoisotopic (exact) mass is 299 g/mol. The van der Waals surface area contributed by atoms with Gasteiger partial charge in [-0.3, -0.25) is 10.8 Å². The van der Waals surface area contributed by atoms with Gasteiger partial charge in [-0.15, -0.1) is 11.3 Å². The maximum absolute atomic E-state index is 5.79. The quantitative estimate of drug-likeness (QED) is 0.561. The molecule has 0 aliphatic carbocycles. The molecule has 3 N–H and O–H groups in total. The number of hydrazine groups is 1. The van der Waals surface area contributed by atoms with Gasteiger partial charge in [0.05, 0.1) is 22.9 Å². The summed E-state index contributed by atoms with van der Waals surface area (Å²) in [6.45, 7) is 2.59. The number of para-hydroxylation sites is 1. The van der Waals surface area contributed by atoms with Gasteiger partial charge in [-0.2, -0.15) is 0 Å². The third-order valence-corrected chi connectivity index (χ3v) is 4.21. The lowest BCUT2D eigenvalue weighted by atomic mass is 10.00. The van der Waals surface area contributed by atoms with E-state index < -0.39 is 0 Å². The molecular weight excluding hydrogens is 282 g/mol. The summed E-state index contributed by atoms with van der Waals surface area (Å²) in [6.07, 6.45) is 1.86. The molecule has 1 atom stereocenters. The van der Waals surface area contributed by atoms with Gasteiger partial charge in [0.25, 0.3) is 0 Å². The average molecular weight is 299 g/mol. The number of benzene rings is 1. The molecule has 0 saturated carbocycles. The second-order valence-corrected chi connectivity index (χ2v) is 5.59. The number of pyridine rings is 1. The highest BCUT2D eigenvalue weighted by Gasteiger charge is 2.17. The van der Waals surface area contributed by atoms with Crippen LogP contribution in [0.15, 0.2) is 48.0 Å². The zero-order valence-corrected chi connectivity index (χ0v) is 12.6. The molecule has 5 heteroatoms. The predicted octanol–water partition coefficient (Wildman–Crippen LogP) is 3.25. The first-order chi connectivity index (χ1) is 10.3. The molecule has 2 heterocycles. The van der Waals surface area contributed by atoms with E-state index in [1.807, 2.05) is 48.8 Å². The van der Waals surface area contributed by atoms with Gasteiger partial charge in [0.1, 0.15) is 5.75 Å². The second-order valence-electron chi connectivity index (χ2n) is 4.64. The number of thiophene rings is 1. The van der Waals surface area contributed by atoms with Gasteiger partial charge in [-0.1, -0.05) is 18.2 Å². The highest BCUT2D eigenvalue weighted by Crippen LogP contribution is 2.31. The van der Waals surface area contributed by atoms with Crippen molar-refractivity contribution >= 4 is 21.6 Å². The van der Waals surface area contributed by atoms with E-state index >= 15 is 0 Å². The summed E-state index contributed by atoms with van der Waals surface area (Å²) in [5.41, 5.74) is 5.93. The number of nitrogens with zero attached hydrogens (tertiary/aromatic N) is 1. The van der Waals surface area contributed by atoms with Crippen LogP contribution in [-0.4, -0.2) is 11.6 Å². The summed E-state index contributed by atoms with van der Waals surface area (Å²) in [6, 6.07) is 11.9. The largest absolute Gasteiger partial charge is 0.494 e. The van der Waals surface area contributed by atoms with Crippen molar-refractivity contribution in [2.75, 3.05) is 6.61 Å². The Labute approximate surface area is 127 Å². The Kier molecular flexibility index (Phi) is 4.15. The van der Waals surface area contributed by atoms with Crippen molar-refractivity contribution in [2.45, 2.75) is 13.0 Å². The lowest BCUT2D eigenvalue weighted by Crippen LogP contribution is -2.29. The fraction of sp³-hybridized carbons (Fsp3) is 0.188. The van der Waals surface area contributed by atoms with Gasteiger partial charge >= 0.3 is 0 Å². The predicted molar refractivity (Wildman–Crippen MR) is 86.4 cm³/mol. The van der Waals surface area contributed by atoms with Gasteiger partial charge in [0.2, 0.25) is 0 Å². The van der Waals surface area contributed by atoms with E-state index in [9.17, 15) is 0 Å². The molecule has 0 aliphatic heterocycles. The first kappa shape index (κ1) is 14.0. The molecule has 1 unspecified atom stereocenters. The summed E-state index contributed by atoms with van der Waals surface area (Å²) in [5, 5.41) is 2.04. The average Bonchev–Trinajstić information content (AvgIpc) is 2.98. The number of aromatic nitrogens is 1. The summed E-state index contributed by atoms with van der Waals surface area (Å²) < 4.78 is 6.85. The van der Waals surface area contributed by atoms with E-state index in [0.29, 0.717) is 6.61 Å². The fourth-order valence-electron chi connectivity index (χ4n) is 2.39. The molecule has 0 fully saturated rings. The first-order valence-electron chi connectivity index (χ1n) is 6.84. The minimum absolute atomic E-state index is 0.147. The van der Waals surface area contributed by atoms with Crippen molar-refractivity contribution in [1.82, 2.24) is 10.4 Å². The molecule has 108 valence electrons. The van der Waals surface area contributed by atoms with Crippen molar-refractivity contribution < 1.29 is 4.74 Å². The van der Waals surface area contributed by atoms with Gasteiger partial charge in [0, 0.05) is 11.8 Å². The molecule has 0 amide bonds. The van der Waals surface area contributed by atoms with Gasteiger partial charge < -0.3 is 4.74 Å². The summed E-state index contributed by atoms with van der Waals surface area (Å²) in [7, 11) is 0. The van der Waals surface area contributed by atoms with E-state index in [-0.39, 0.29) is 6.04 Å². The Hall–Kier alpha value is -1.95. The van der Waals surface area contributed by atoms with E-state index in [1.165, 1.54) is 0 Å². The second kappa shape index (κ2) is 6.22. The van der Waals surface area contributed by atoms with Crippen LogP contribution in [0.1, 0.15) is 24.1 Å². The number of nitrogens with one attached hydrogen (secondary N) is 1. The van der Waals surface area contributed by atoms with E-state index in [2.05, 4.69) is 16.5 Å². The normalized spacial score (nSPS) is 12.5. The van der Waals surface area contributed by atoms with Gasteiger partial charge in [0.15, 0.2) is 0 Å². The summed E-state index contributed by atoms with van der Waals surface area (Å²) in [5.74, 6) is 6.63. The molecule has 4 nitrogen and oxygen atoms in total. The highest BCUT2D eigenvalue weighted by molar-refractivity contribution is 7.17. The molecule has 1 aromatic carbocycles. The highest BCUT2D eigenvalue weighted by atomic mass is 32.1. The summed E-state index contributed by atoms with van der Waals surface area (Å²) in [4.78, 5) is 4.49. The SMILES string of the molecule is CCOc1ccccc1C(NN)c1cnc2ccsc2c1. The van der Waals surface area contributed by atoms with Crippen LogP contribution in [0.25, 0.3) is 10.2 Å². The molecule has 0 radical (unpaired) electrons. The molecule has 21 heavy (non-hydrogen) atoms. The third kappa shape index (κ3) is 2.76. The first-order valence-corrected chi connectivity index (χ1v) is 7.72. The molecule has 0 aliphatic rings. The number of ether oxygens (including phenoxy) is 1. The molecule has 0 spiro atoms. The molecule has 3 aromatic rings. The maximum Gasteiger partial charge on any atom is 0.124 e. The third-order valence-electron chi connectivity index (χ3n) is 3.35. The van der Waals surface area contributed by atoms with Gasteiger partial charge in [-0.25, -0.2) is 5.43 Å². The summed E-state index contributed by atoms with van der Waals surface area (Å²) >= 11 is 1.68. The van der Waals surface area contributed by atoms with Gasteiger partial charge in [-0.05, 0) is 36.1 Å². The standard InChI is InChI=1S/C16H17N3OS/c1-2-20-14-6-4-3-5-12(14)16(19-17)11-9-15-13(18-10-11)7-8-21-15/h3-10,16,19H,2,17H2,1H3. The number of rotatable bonds is 5. The van der Waals surface area contributed by atoms with Crippen molar-refractivity contribution in [2.24, 2.45) is 5.84 Å². The van der Waals surface area contributed by atoms with Crippen molar-refractivity contribution in [3.05, 3.63) is 59.1 Å². The molecular formula is C16H17N3OS. The number of hydrogen-bond acceptors (Lipinski definition) is 5. The smallest absolute Gasteiger partial charge is 0.124 e. The van der Waals surface area contributed by atoms with Crippen LogP contribution in [0, 0.1) is 0 Å². The minimum atomic E-state index is -0.147. The lowest BCUT2D eigenvalue weighted by molar-refractivity contribution is 0.333. The fourth-order valence-corrected chi connectivity index (χ4v) is 3.18. The number of nitrogens with two attached hydrogens (primary N) is 1. The minimum Gasteiger partial charge on any atom is -0.494 e. The van der Waals surface area contributed by atoms with Crippen LogP contribution >= 0.6 is 11.3 Å². The van der Waals surface area contributed by atoms with Crippen LogP contribution in [0.5, 0.6) is 5.75 Å². The Morgan fingerprint density at radius 3 is 3.00 bits per heavy atom. The van der Waals surface area contributed by atoms with Crippen molar-refractivity contribution in [1.29, 1.82) is 0 Å². The molecule has 3 rings (SSSR count). The van der Waals surface area contributed by atoms with E-state index in [1.54, 1.807) is 11.3 Å². The van der Waals surface area contributed by atoms with Crippen LogP contribution in [0.4, 0.5) is 0 Å². The lowest BCUT2D eigenvalue weighted by Gasteiger charge is -2.19. The van der Waals surface area contributed by atoms with E-state index in [4.69, 9.17) is 10.6 Å². The van der Waals surface area contributed by atoms with Crippen molar-refractivity contribution in [3.8, 4) is 5.75 Å². The molecule has 0 saturated heterocycles.